The third kappa shape index (κ3) is 4.05. The lowest BCUT2D eigenvalue weighted by Gasteiger charge is -2.35. The van der Waals surface area contributed by atoms with Crippen molar-refractivity contribution in [1.29, 1.82) is 0 Å². The third-order valence-corrected chi connectivity index (χ3v) is 4.40. The average Bonchev–Trinajstić information content (AvgIpc) is 2.54. The Kier molecular flexibility index (Phi) is 5.76. The lowest BCUT2D eigenvalue weighted by molar-refractivity contribution is -0.136. The maximum Gasteiger partial charge on any atom is 0.228 e. The Balaban J connectivity index is 1.93. The van der Waals surface area contributed by atoms with Gasteiger partial charge in [0.1, 0.15) is 0 Å². The van der Waals surface area contributed by atoms with Crippen LogP contribution in [-0.2, 0) is 9.53 Å². The van der Waals surface area contributed by atoms with Gasteiger partial charge in [-0.1, -0.05) is 37.3 Å². The van der Waals surface area contributed by atoms with Crippen LogP contribution in [0.25, 0.3) is 0 Å². The lowest BCUT2D eigenvalue weighted by atomic mass is 9.78. The molecule has 1 aliphatic rings. The Morgan fingerprint density at radius 1 is 1.33 bits per heavy atom. The molecule has 1 saturated heterocycles. The van der Waals surface area contributed by atoms with Gasteiger partial charge in [0.2, 0.25) is 5.91 Å². The number of amides is 1. The fourth-order valence-electron chi connectivity index (χ4n) is 2.95. The molecule has 0 spiro atoms. The highest BCUT2D eigenvalue weighted by Crippen LogP contribution is 2.29. The van der Waals surface area contributed by atoms with Gasteiger partial charge in [-0.2, -0.15) is 0 Å². The molecule has 4 heteroatoms. The van der Waals surface area contributed by atoms with Crippen LogP contribution in [0.4, 0.5) is 0 Å². The van der Waals surface area contributed by atoms with Gasteiger partial charge in [-0.25, -0.2) is 0 Å². The highest BCUT2D eigenvalue weighted by molar-refractivity contribution is 5.83. The molecule has 2 rings (SSSR count). The number of rotatable bonds is 6. The Morgan fingerprint density at radius 2 is 2.00 bits per heavy atom. The van der Waals surface area contributed by atoms with Crippen molar-refractivity contribution in [2.75, 3.05) is 33.4 Å². The van der Waals surface area contributed by atoms with Crippen LogP contribution in [0.1, 0.15) is 31.2 Å². The summed E-state index contributed by atoms with van der Waals surface area (Å²) in [5.74, 6) is 0.449. The second-order valence-corrected chi connectivity index (χ2v) is 5.99. The van der Waals surface area contributed by atoms with E-state index in [9.17, 15) is 4.79 Å². The summed E-state index contributed by atoms with van der Waals surface area (Å²) in [6, 6.07) is 10.3. The zero-order chi connectivity index (χ0) is 15.1. The molecule has 1 heterocycles. The summed E-state index contributed by atoms with van der Waals surface area (Å²) < 4.78 is 5.31. The smallest absolute Gasteiger partial charge is 0.228 e. The second kappa shape index (κ2) is 7.57. The third-order valence-electron chi connectivity index (χ3n) is 4.40. The van der Waals surface area contributed by atoms with Crippen LogP contribution >= 0.6 is 0 Å². The topological polar surface area (TPSA) is 50.4 Å². The van der Waals surface area contributed by atoms with Gasteiger partial charge >= 0.3 is 0 Å². The summed E-state index contributed by atoms with van der Waals surface area (Å²) in [4.78, 5) is 12.6. The minimum Gasteiger partial charge on any atom is -0.384 e. The molecule has 2 N–H and O–H groups in total. The number of carbonyl (C=O) groups excluding carboxylic acids is 1. The van der Waals surface area contributed by atoms with Crippen LogP contribution in [-0.4, -0.2) is 39.3 Å². The summed E-state index contributed by atoms with van der Waals surface area (Å²) in [5.41, 5.74) is 0.889. The van der Waals surface area contributed by atoms with E-state index >= 15 is 0 Å². The normalized spacial score (nSPS) is 19.0. The van der Waals surface area contributed by atoms with Crippen molar-refractivity contribution in [2.24, 2.45) is 5.41 Å². The molecule has 4 nitrogen and oxygen atoms in total. The van der Waals surface area contributed by atoms with Gasteiger partial charge in [-0.05, 0) is 37.4 Å². The molecule has 0 aromatic heterocycles. The molecular formula is C17H26N2O2. The van der Waals surface area contributed by atoms with Crippen LogP contribution < -0.4 is 10.6 Å². The first-order valence-electron chi connectivity index (χ1n) is 7.71. The Morgan fingerprint density at radius 3 is 2.62 bits per heavy atom. The molecule has 1 aromatic rings. The fourth-order valence-corrected chi connectivity index (χ4v) is 2.95. The summed E-state index contributed by atoms with van der Waals surface area (Å²) in [5, 5.41) is 6.44. The van der Waals surface area contributed by atoms with E-state index in [1.54, 1.807) is 7.11 Å². The highest BCUT2D eigenvalue weighted by Gasteiger charge is 2.39. The maximum atomic E-state index is 12.6. The Bertz CT molecular complexity index is 436. The minimum absolute atomic E-state index is 0.133. The number of methoxy groups -OCH3 is 1. The molecule has 1 atom stereocenters. The first kappa shape index (κ1) is 16.0. The highest BCUT2D eigenvalue weighted by atomic mass is 16.5. The molecule has 0 bridgehead atoms. The largest absolute Gasteiger partial charge is 0.384 e. The number of benzene rings is 1. The summed E-state index contributed by atoms with van der Waals surface area (Å²) in [7, 11) is 1.67. The molecule has 1 aliphatic heterocycles. The van der Waals surface area contributed by atoms with Crippen molar-refractivity contribution < 1.29 is 9.53 Å². The van der Waals surface area contributed by atoms with E-state index in [0.29, 0.717) is 19.1 Å². The van der Waals surface area contributed by atoms with Crippen molar-refractivity contribution in [2.45, 2.75) is 25.7 Å². The lowest BCUT2D eigenvalue weighted by Crippen LogP contribution is -2.50. The average molecular weight is 290 g/mol. The van der Waals surface area contributed by atoms with E-state index in [1.165, 1.54) is 5.56 Å². The van der Waals surface area contributed by atoms with Gasteiger partial charge in [0.25, 0.3) is 0 Å². The van der Waals surface area contributed by atoms with Gasteiger partial charge in [-0.15, -0.1) is 0 Å². The first-order valence-corrected chi connectivity index (χ1v) is 7.71. The number of ether oxygens (including phenoxy) is 1. The minimum atomic E-state index is -0.365. The van der Waals surface area contributed by atoms with E-state index in [2.05, 4.69) is 29.7 Å². The van der Waals surface area contributed by atoms with E-state index in [1.807, 2.05) is 18.2 Å². The number of piperidine rings is 1. The molecule has 0 saturated carbocycles. The van der Waals surface area contributed by atoms with Crippen molar-refractivity contribution in [3.05, 3.63) is 35.9 Å². The monoisotopic (exact) mass is 290 g/mol. The van der Waals surface area contributed by atoms with E-state index in [4.69, 9.17) is 4.74 Å². The van der Waals surface area contributed by atoms with Crippen molar-refractivity contribution in [1.82, 2.24) is 10.6 Å². The maximum absolute atomic E-state index is 12.6. The van der Waals surface area contributed by atoms with E-state index in [0.717, 1.165) is 25.9 Å². The van der Waals surface area contributed by atoms with Gasteiger partial charge in [0.15, 0.2) is 0 Å². The molecule has 1 amide bonds. The zero-order valence-corrected chi connectivity index (χ0v) is 13.0. The number of nitrogens with one attached hydrogen (secondary N) is 2. The summed E-state index contributed by atoms with van der Waals surface area (Å²) >= 11 is 0. The number of carbonyl (C=O) groups is 1. The van der Waals surface area contributed by atoms with Crippen molar-refractivity contribution >= 4 is 5.91 Å². The zero-order valence-electron chi connectivity index (χ0n) is 13.0. The Hall–Kier alpha value is -1.39. The fraction of sp³-hybridized carbons (Fsp3) is 0.588. The van der Waals surface area contributed by atoms with Crippen LogP contribution in [0.5, 0.6) is 0 Å². The molecule has 21 heavy (non-hydrogen) atoms. The number of hydrogen-bond acceptors (Lipinski definition) is 3. The first-order chi connectivity index (χ1) is 10.2. The van der Waals surface area contributed by atoms with E-state index < -0.39 is 0 Å². The molecule has 1 unspecified atom stereocenters. The van der Waals surface area contributed by atoms with Crippen molar-refractivity contribution in [3.63, 3.8) is 0 Å². The Labute approximate surface area is 127 Å². The molecule has 0 radical (unpaired) electrons. The van der Waals surface area contributed by atoms with Crippen molar-refractivity contribution in [3.8, 4) is 0 Å². The van der Waals surface area contributed by atoms with Gasteiger partial charge in [-0.3, -0.25) is 4.79 Å². The van der Waals surface area contributed by atoms with Crippen LogP contribution in [0, 0.1) is 5.41 Å². The summed E-state index contributed by atoms with van der Waals surface area (Å²) in [6.07, 6.45) is 1.68. The van der Waals surface area contributed by atoms with Gasteiger partial charge < -0.3 is 15.4 Å². The van der Waals surface area contributed by atoms with Crippen LogP contribution in [0.15, 0.2) is 30.3 Å². The summed E-state index contributed by atoms with van der Waals surface area (Å²) in [6.45, 7) is 5.07. The van der Waals surface area contributed by atoms with Gasteiger partial charge in [0.05, 0.1) is 12.0 Å². The number of hydrogen-bond donors (Lipinski definition) is 2. The standard InChI is InChI=1S/C17H26N2O2/c1-14(15-6-4-3-5-7-15)12-19-16(20)17(13-21-2)8-10-18-11-9-17/h3-7,14,18H,8-13H2,1-2H3,(H,19,20). The quantitative estimate of drug-likeness (QED) is 0.841. The molecule has 1 fully saturated rings. The van der Waals surface area contributed by atoms with Crippen LogP contribution in [0.3, 0.4) is 0 Å². The van der Waals surface area contributed by atoms with Crippen LogP contribution in [0.2, 0.25) is 0 Å². The molecular weight excluding hydrogens is 264 g/mol. The second-order valence-electron chi connectivity index (χ2n) is 5.99. The predicted octanol–water partition coefficient (Wildman–Crippen LogP) is 1.92. The van der Waals surface area contributed by atoms with Gasteiger partial charge in [0, 0.05) is 13.7 Å². The molecule has 1 aromatic carbocycles. The molecule has 116 valence electrons. The SMILES string of the molecule is COCC1(C(=O)NCC(C)c2ccccc2)CCNCC1. The predicted molar refractivity (Wildman–Crippen MR) is 84.3 cm³/mol. The molecule has 0 aliphatic carbocycles. The van der Waals surface area contributed by atoms with E-state index in [-0.39, 0.29) is 11.3 Å².